The van der Waals surface area contributed by atoms with Crippen molar-refractivity contribution in [3.8, 4) is 0 Å². The lowest BCUT2D eigenvalue weighted by Crippen LogP contribution is -2.09. The van der Waals surface area contributed by atoms with Crippen molar-refractivity contribution in [1.29, 1.82) is 0 Å². The number of rotatable bonds is 3. The predicted octanol–water partition coefficient (Wildman–Crippen LogP) is 1.80. The molecule has 14 heavy (non-hydrogen) atoms. The van der Waals surface area contributed by atoms with Crippen LogP contribution in [-0.2, 0) is 7.05 Å². The van der Waals surface area contributed by atoms with Gasteiger partial charge in [0.25, 0.3) is 0 Å². The summed E-state index contributed by atoms with van der Waals surface area (Å²) in [5, 5.41) is 13.1. The molecule has 0 aliphatic carbocycles. The maximum Gasteiger partial charge on any atom is 0.389 e. The molecule has 1 atom stereocenters. The van der Waals surface area contributed by atoms with Crippen molar-refractivity contribution in [3.05, 3.63) is 18.0 Å². The molecule has 80 valence electrons. The van der Waals surface area contributed by atoms with E-state index in [-0.39, 0.29) is 6.42 Å². The molecule has 1 heterocycles. The summed E-state index contributed by atoms with van der Waals surface area (Å²) in [7, 11) is 1.64. The van der Waals surface area contributed by atoms with Crippen LogP contribution in [0.4, 0.5) is 13.2 Å². The number of alkyl halides is 3. The van der Waals surface area contributed by atoms with Crippen LogP contribution in [0.25, 0.3) is 0 Å². The van der Waals surface area contributed by atoms with Gasteiger partial charge in [-0.15, -0.1) is 0 Å². The molecule has 0 fully saturated rings. The molecule has 0 saturated heterocycles. The number of halogens is 3. The fourth-order valence-electron chi connectivity index (χ4n) is 1.08. The average Bonchev–Trinajstić information content (AvgIpc) is 2.46. The lowest BCUT2D eigenvalue weighted by atomic mass is 10.1. The summed E-state index contributed by atoms with van der Waals surface area (Å²) < 4.78 is 36.9. The molecule has 0 aliphatic rings. The zero-order valence-corrected chi connectivity index (χ0v) is 7.62. The zero-order valence-electron chi connectivity index (χ0n) is 7.62. The molecule has 1 unspecified atom stereocenters. The predicted molar refractivity (Wildman–Crippen MR) is 43.5 cm³/mol. The van der Waals surface area contributed by atoms with Crippen molar-refractivity contribution >= 4 is 0 Å². The molecule has 1 rings (SSSR count). The number of aliphatic hydroxyl groups excluding tert-OH is 1. The molecule has 3 nitrogen and oxygen atoms in total. The minimum atomic E-state index is -4.22. The van der Waals surface area contributed by atoms with Gasteiger partial charge in [0.2, 0.25) is 0 Å². The summed E-state index contributed by atoms with van der Waals surface area (Å²) >= 11 is 0. The highest BCUT2D eigenvalue weighted by Crippen LogP contribution is 2.26. The molecule has 0 aliphatic heterocycles. The standard InChI is InChI=1S/C8H11F3N2O/c1-13-5-6(4-12-13)7(14)2-3-8(9,10)11/h4-5,7,14H,2-3H2,1H3. The Balaban J connectivity index is 2.47. The fraction of sp³-hybridized carbons (Fsp3) is 0.625. The van der Waals surface area contributed by atoms with Crippen molar-refractivity contribution in [2.24, 2.45) is 7.05 Å². The van der Waals surface area contributed by atoms with Crippen LogP contribution in [0.3, 0.4) is 0 Å². The van der Waals surface area contributed by atoms with Gasteiger partial charge in [0.05, 0.1) is 12.3 Å². The van der Waals surface area contributed by atoms with E-state index in [0.717, 1.165) is 0 Å². The van der Waals surface area contributed by atoms with Crippen LogP contribution in [0.5, 0.6) is 0 Å². The Labute approximate surface area is 79.2 Å². The Morgan fingerprint density at radius 1 is 1.57 bits per heavy atom. The second-order valence-electron chi connectivity index (χ2n) is 3.12. The quantitative estimate of drug-likeness (QED) is 0.822. The van der Waals surface area contributed by atoms with Gasteiger partial charge >= 0.3 is 6.18 Å². The molecular formula is C8H11F3N2O. The molecule has 6 heteroatoms. The summed E-state index contributed by atoms with van der Waals surface area (Å²) in [5.74, 6) is 0. The van der Waals surface area contributed by atoms with E-state index >= 15 is 0 Å². The Hall–Kier alpha value is -1.04. The van der Waals surface area contributed by atoms with E-state index in [1.807, 2.05) is 0 Å². The molecule has 0 saturated carbocycles. The van der Waals surface area contributed by atoms with Gasteiger partial charge in [-0.25, -0.2) is 0 Å². The van der Waals surface area contributed by atoms with Crippen LogP contribution in [-0.4, -0.2) is 21.1 Å². The summed E-state index contributed by atoms with van der Waals surface area (Å²) in [6.07, 6.45) is -3.76. The number of aryl methyl sites for hydroxylation is 1. The molecule has 1 aromatic heterocycles. The number of hydrogen-bond donors (Lipinski definition) is 1. The summed E-state index contributed by atoms with van der Waals surface area (Å²) in [5.41, 5.74) is 0.414. The number of aromatic nitrogens is 2. The van der Waals surface area contributed by atoms with Crippen molar-refractivity contribution in [2.75, 3.05) is 0 Å². The minimum absolute atomic E-state index is 0.324. The summed E-state index contributed by atoms with van der Waals surface area (Å²) in [4.78, 5) is 0. The number of hydrogen-bond acceptors (Lipinski definition) is 2. The largest absolute Gasteiger partial charge is 0.389 e. The van der Waals surface area contributed by atoms with E-state index in [1.54, 1.807) is 7.05 Å². The van der Waals surface area contributed by atoms with E-state index in [0.29, 0.717) is 5.56 Å². The third-order valence-corrected chi connectivity index (χ3v) is 1.81. The van der Waals surface area contributed by atoms with Crippen molar-refractivity contribution in [1.82, 2.24) is 9.78 Å². The van der Waals surface area contributed by atoms with Gasteiger partial charge in [0.15, 0.2) is 0 Å². The smallest absolute Gasteiger partial charge is 0.388 e. The first-order valence-electron chi connectivity index (χ1n) is 4.12. The molecule has 0 spiro atoms. The Bertz CT molecular complexity index is 295. The van der Waals surface area contributed by atoms with Crippen LogP contribution < -0.4 is 0 Å². The Morgan fingerprint density at radius 2 is 2.21 bits per heavy atom. The van der Waals surface area contributed by atoms with Gasteiger partial charge in [-0.05, 0) is 6.42 Å². The first-order chi connectivity index (χ1) is 6.38. The van der Waals surface area contributed by atoms with E-state index in [1.165, 1.54) is 17.1 Å². The second-order valence-corrected chi connectivity index (χ2v) is 3.12. The van der Waals surface area contributed by atoms with Gasteiger partial charge < -0.3 is 5.11 Å². The second kappa shape index (κ2) is 4.00. The maximum absolute atomic E-state index is 11.8. The fourth-order valence-corrected chi connectivity index (χ4v) is 1.08. The normalized spacial score (nSPS) is 14.4. The van der Waals surface area contributed by atoms with Crippen LogP contribution in [0.1, 0.15) is 24.5 Å². The first kappa shape index (κ1) is 11.0. The maximum atomic E-state index is 11.8. The highest BCUT2D eigenvalue weighted by atomic mass is 19.4. The molecule has 0 aromatic carbocycles. The number of nitrogens with zero attached hydrogens (tertiary/aromatic N) is 2. The third-order valence-electron chi connectivity index (χ3n) is 1.81. The van der Waals surface area contributed by atoms with E-state index < -0.39 is 18.7 Å². The van der Waals surface area contributed by atoms with Crippen molar-refractivity contribution < 1.29 is 18.3 Å². The molecular weight excluding hydrogens is 197 g/mol. The summed E-state index contributed by atoms with van der Waals surface area (Å²) in [6.45, 7) is 0. The van der Waals surface area contributed by atoms with Crippen LogP contribution in [0, 0.1) is 0 Å². The van der Waals surface area contributed by atoms with Gasteiger partial charge in [0, 0.05) is 25.2 Å². The van der Waals surface area contributed by atoms with Crippen LogP contribution in [0.15, 0.2) is 12.4 Å². The SMILES string of the molecule is Cn1cc(C(O)CCC(F)(F)F)cn1. The van der Waals surface area contributed by atoms with Gasteiger partial charge in [-0.3, -0.25) is 4.68 Å². The van der Waals surface area contributed by atoms with Crippen molar-refractivity contribution in [3.63, 3.8) is 0 Å². The highest BCUT2D eigenvalue weighted by molar-refractivity contribution is 5.07. The Kier molecular flexibility index (Phi) is 3.15. The van der Waals surface area contributed by atoms with Gasteiger partial charge in [-0.2, -0.15) is 18.3 Å². The molecule has 0 amide bonds. The Morgan fingerprint density at radius 3 is 2.64 bits per heavy atom. The van der Waals surface area contributed by atoms with Gasteiger partial charge in [-0.1, -0.05) is 0 Å². The lowest BCUT2D eigenvalue weighted by Gasteiger charge is -2.10. The molecule has 1 aromatic rings. The van der Waals surface area contributed by atoms with Crippen LogP contribution in [0.2, 0.25) is 0 Å². The van der Waals surface area contributed by atoms with Crippen molar-refractivity contribution in [2.45, 2.75) is 25.1 Å². The van der Waals surface area contributed by atoms with Gasteiger partial charge in [0.1, 0.15) is 0 Å². The lowest BCUT2D eigenvalue weighted by molar-refractivity contribution is -0.140. The molecule has 1 N–H and O–H groups in total. The first-order valence-corrected chi connectivity index (χ1v) is 4.12. The summed E-state index contributed by atoms with van der Waals surface area (Å²) in [6, 6.07) is 0. The van der Waals surface area contributed by atoms with E-state index in [9.17, 15) is 18.3 Å². The average molecular weight is 208 g/mol. The highest BCUT2D eigenvalue weighted by Gasteiger charge is 2.28. The van der Waals surface area contributed by atoms with E-state index in [2.05, 4.69) is 5.10 Å². The molecule has 0 radical (unpaired) electrons. The molecule has 0 bridgehead atoms. The number of aliphatic hydroxyl groups is 1. The zero-order chi connectivity index (χ0) is 10.8. The van der Waals surface area contributed by atoms with E-state index in [4.69, 9.17) is 0 Å². The third kappa shape index (κ3) is 3.37. The van der Waals surface area contributed by atoms with Crippen LogP contribution >= 0.6 is 0 Å². The topological polar surface area (TPSA) is 38.0 Å². The monoisotopic (exact) mass is 208 g/mol. The minimum Gasteiger partial charge on any atom is -0.388 e.